The highest BCUT2D eigenvalue weighted by atomic mass is 16.1. The van der Waals surface area contributed by atoms with Crippen LogP contribution >= 0.6 is 0 Å². The second-order valence-electron chi connectivity index (χ2n) is 3.80. The van der Waals surface area contributed by atoms with E-state index in [0.717, 1.165) is 25.9 Å². The molecule has 2 saturated heterocycles. The van der Waals surface area contributed by atoms with Crippen LogP contribution in [-0.2, 0) is 4.79 Å². The van der Waals surface area contributed by atoms with E-state index < -0.39 is 0 Å². The van der Waals surface area contributed by atoms with E-state index in [1.165, 1.54) is 0 Å². The van der Waals surface area contributed by atoms with Crippen LogP contribution in [0.3, 0.4) is 0 Å². The number of Topliss-reactive ketones (excluding diaryl/α,β-unsaturated/α-hetero) is 1. The van der Waals surface area contributed by atoms with Gasteiger partial charge in [0.25, 0.3) is 0 Å². The van der Waals surface area contributed by atoms with Crippen molar-refractivity contribution in [3.8, 4) is 0 Å². The second-order valence-corrected chi connectivity index (χ2v) is 3.80. The van der Waals surface area contributed by atoms with E-state index >= 15 is 0 Å². The molecule has 2 N–H and O–H groups in total. The summed E-state index contributed by atoms with van der Waals surface area (Å²) in [7, 11) is 0. The molecular formula is C9H17N3O. The summed E-state index contributed by atoms with van der Waals surface area (Å²) < 4.78 is 0. The number of hydrogen-bond acceptors (Lipinski definition) is 4. The first-order chi connectivity index (χ1) is 6.31. The Bertz CT molecular complexity index is 207. The summed E-state index contributed by atoms with van der Waals surface area (Å²) in [5.74, 6) is 0.372. The van der Waals surface area contributed by atoms with Gasteiger partial charge in [-0.1, -0.05) is 6.92 Å². The number of carbonyl (C=O) groups excluding carboxylic acids is 1. The van der Waals surface area contributed by atoms with Gasteiger partial charge in [0, 0.05) is 19.5 Å². The van der Waals surface area contributed by atoms with Crippen LogP contribution in [0.4, 0.5) is 0 Å². The van der Waals surface area contributed by atoms with Gasteiger partial charge < -0.3 is 0 Å². The molecule has 0 aliphatic carbocycles. The van der Waals surface area contributed by atoms with E-state index in [4.69, 9.17) is 0 Å². The lowest BCUT2D eigenvalue weighted by molar-refractivity contribution is -0.120. The van der Waals surface area contributed by atoms with Crippen molar-refractivity contribution >= 4 is 5.78 Å². The van der Waals surface area contributed by atoms with E-state index in [9.17, 15) is 4.79 Å². The van der Waals surface area contributed by atoms with Crippen LogP contribution < -0.4 is 10.6 Å². The molecule has 0 aromatic rings. The lowest BCUT2D eigenvalue weighted by Gasteiger charge is -2.24. The zero-order chi connectivity index (χ0) is 9.26. The quantitative estimate of drug-likeness (QED) is 0.578. The Hall–Kier alpha value is -0.450. The maximum atomic E-state index is 11.4. The summed E-state index contributed by atoms with van der Waals surface area (Å²) in [6, 6.07) is 0. The van der Waals surface area contributed by atoms with Gasteiger partial charge in [-0.15, -0.1) is 0 Å². The van der Waals surface area contributed by atoms with Gasteiger partial charge in [0.05, 0.1) is 18.9 Å². The van der Waals surface area contributed by atoms with Gasteiger partial charge in [0.1, 0.15) is 5.78 Å². The highest BCUT2D eigenvalue weighted by Crippen LogP contribution is 2.16. The maximum Gasteiger partial charge on any atom is 0.146 e. The third-order valence-electron chi connectivity index (χ3n) is 2.62. The zero-order valence-corrected chi connectivity index (χ0v) is 8.05. The third kappa shape index (κ3) is 2.07. The van der Waals surface area contributed by atoms with Gasteiger partial charge in [0.15, 0.2) is 0 Å². The minimum Gasteiger partial charge on any atom is -0.298 e. The minimum atomic E-state index is 0.372. The average Bonchev–Trinajstić information content (AvgIpc) is 2.84. The summed E-state index contributed by atoms with van der Waals surface area (Å²) in [5.41, 5.74) is 0. The molecule has 0 spiro atoms. The minimum absolute atomic E-state index is 0.372. The number of carbonyl (C=O) groups is 1. The van der Waals surface area contributed by atoms with Crippen molar-refractivity contribution < 1.29 is 4.79 Å². The molecule has 0 bridgehead atoms. The van der Waals surface area contributed by atoms with Gasteiger partial charge in [-0.25, -0.2) is 0 Å². The Labute approximate surface area is 78.7 Å². The van der Waals surface area contributed by atoms with E-state index in [1.807, 2.05) is 6.92 Å². The molecule has 2 heterocycles. The normalized spacial score (nSPS) is 32.7. The Kier molecular flexibility index (Phi) is 2.62. The number of rotatable bonds is 4. The fourth-order valence-corrected chi connectivity index (χ4v) is 1.88. The van der Waals surface area contributed by atoms with E-state index in [0.29, 0.717) is 24.7 Å². The first-order valence-corrected chi connectivity index (χ1v) is 5.06. The molecule has 2 unspecified atom stereocenters. The number of fused-ring (bicyclic) bond motifs is 1. The Morgan fingerprint density at radius 3 is 3.23 bits per heavy atom. The molecule has 0 saturated carbocycles. The van der Waals surface area contributed by atoms with Crippen molar-refractivity contribution in [2.45, 2.75) is 32.1 Å². The van der Waals surface area contributed by atoms with Gasteiger partial charge in [-0.05, 0) is 6.42 Å². The van der Waals surface area contributed by atoms with Crippen molar-refractivity contribution in [3.05, 3.63) is 0 Å². The number of piperazine rings is 1. The second kappa shape index (κ2) is 3.74. The highest BCUT2D eigenvalue weighted by molar-refractivity contribution is 5.80. The van der Waals surface area contributed by atoms with Crippen LogP contribution in [0.25, 0.3) is 0 Å². The molecule has 2 aliphatic rings. The van der Waals surface area contributed by atoms with E-state index in [-0.39, 0.29) is 0 Å². The molecule has 2 aliphatic heterocycles. The topological polar surface area (TPSA) is 54.3 Å². The van der Waals surface area contributed by atoms with Crippen molar-refractivity contribution in [1.82, 2.24) is 15.5 Å². The highest BCUT2D eigenvalue weighted by Gasteiger charge is 2.43. The average molecular weight is 183 g/mol. The summed E-state index contributed by atoms with van der Waals surface area (Å²) in [4.78, 5) is 13.6. The first-order valence-electron chi connectivity index (χ1n) is 5.06. The summed E-state index contributed by atoms with van der Waals surface area (Å²) in [5, 5.41) is 6.62. The predicted molar refractivity (Wildman–Crippen MR) is 50.2 cm³/mol. The summed E-state index contributed by atoms with van der Waals surface area (Å²) >= 11 is 0. The Morgan fingerprint density at radius 1 is 1.62 bits per heavy atom. The summed E-state index contributed by atoms with van der Waals surface area (Å²) in [6.07, 6.45) is 2.56. The number of nitrogens with zero attached hydrogens (tertiary/aromatic N) is 1. The molecule has 4 heteroatoms. The van der Waals surface area contributed by atoms with Crippen LogP contribution in [0.15, 0.2) is 0 Å². The van der Waals surface area contributed by atoms with Crippen molar-refractivity contribution in [2.24, 2.45) is 0 Å². The third-order valence-corrected chi connectivity index (χ3v) is 2.62. The van der Waals surface area contributed by atoms with E-state index in [1.54, 1.807) is 0 Å². The van der Waals surface area contributed by atoms with Gasteiger partial charge in [-0.2, -0.15) is 0 Å². The Morgan fingerprint density at radius 2 is 2.46 bits per heavy atom. The van der Waals surface area contributed by atoms with Crippen molar-refractivity contribution in [2.75, 3.05) is 19.6 Å². The Balaban J connectivity index is 1.77. The molecule has 0 aromatic carbocycles. The molecule has 0 amide bonds. The molecule has 2 rings (SSSR count). The van der Waals surface area contributed by atoms with Crippen LogP contribution in [-0.4, -0.2) is 42.6 Å². The fraction of sp³-hybridized carbons (Fsp3) is 0.889. The van der Waals surface area contributed by atoms with Crippen LogP contribution in [0.2, 0.25) is 0 Å². The standard InChI is InChI=1S/C9H17N3O/c1-2-3-7(13)6-12-5-4-10-8-9(12)11-8/h8-11H,2-6H2,1H3. The fourth-order valence-electron chi connectivity index (χ4n) is 1.88. The van der Waals surface area contributed by atoms with Gasteiger partial charge in [-0.3, -0.25) is 20.3 Å². The first kappa shape index (κ1) is 9.12. The summed E-state index contributed by atoms with van der Waals surface area (Å²) in [6.45, 7) is 4.66. The lowest BCUT2D eigenvalue weighted by atomic mass is 10.2. The van der Waals surface area contributed by atoms with Crippen LogP contribution in [0.1, 0.15) is 19.8 Å². The molecule has 13 heavy (non-hydrogen) atoms. The van der Waals surface area contributed by atoms with Gasteiger partial charge in [0.2, 0.25) is 0 Å². The zero-order valence-electron chi connectivity index (χ0n) is 8.05. The number of nitrogens with one attached hydrogen (secondary N) is 2. The molecule has 74 valence electrons. The molecule has 2 fully saturated rings. The van der Waals surface area contributed by atoms with Crippen molar-refractivity contribution in [3.63, 3.8) is 0 Å². The number of ketones is 1. The largest absolute Gasteiger partial charge is 0.298 e. The SMILES string of the molecule is CCCC(=O)CN1CCNC2NC21. The predicted octanol–water partition coefficient (Wildman–Crippen LogP) is -0.484. The lowest BCUT2D eigenvalue weighted by Crippen LogP contribution is -2.45. The monoisotopic (exact) mass is 183 g/mol. The molecule has 4 nitrogen and oxygen atoms in total. The van der Waals surface area contributed by atoms with Gasteiger partial charge >= 0.3 is 0 Å². The van der Waals surface area contributed by atoms with Crippen molar-refractivity contribution in [1.29, 1.82) is 0 Å². The molecule has 2 atom stereocenters. The maximum absolute atomic E-state index is 11.4. The number of hydrogen-bond donors (Lipinski definition) is 2. The smallest absolute Gasteiger partial charge is 0.146 e. The molecular weight excluding hydrogens is 166 g/mol. The molecule has 0 radical (unpaired) electrons. The van der Waals surface area contributed by atoms with Crippen LogP contribution in [0, 0.1) is 0 Å². The van der Waals surface area contributed by atoms with E-state index in [2.05, 4.69) is 15.5 Å². The van der Waals surface area contributed by atoms with Crippen LogP contribution in [0.5, 0.6) is 0 Å². The molecule has 0 aromatic heterocycles.